The van der Waals surface area contributed by atoms with Crippen LogP contribution in [0.25, 0.3) is 0 Å². The topological polar surface area (TPSA) is 70.5 Å². The number of alkyl halides is 1. The monoisotopic (exact) mass is 436 g/mol. The number of unbranched alkanes of at least 4 members (excludes halogenated alkanes) is 3. The molecule has 1 aliphatic rings. The van der Waals surface area contributed by atoms with Crippen LogP contribution in [0.4, 0.5) is 15.8 Å². The number of hydrogen-bond acceptors (Lipinski definition) is 4. The zero-order chi connectivity index (χ0) is 22.7. The normalized spacial score (nSPS) is 18.0. The molecule has 4 nitrogen and oxygen atoms in total. The lowest BCUT2D eigenvalue weighted by molar-refractivity contribution is 0.206. The summed E-state index contributed by atoms with van der Waals surface area (Å²) in [7, 11) is 0. The van der Waals surface area contributed by atoms with Crippen LogP contribution in [0, 0.1) is 0 Å². The van der Waals surface area contributed by atoms with E-state index in [0.717, 1.165) is 37.9 Å². The second-order valence-electron chi connectivity index (χ2n) is 8.07. The minimum absolute atomic E-state index is 0.301. The van der Waals surface area contributed by atoms with Crippen molar-refractivity contribution < 1.29 is 13.9 Å². The second kappa shape index (κ2) is 12.0. The highest BCUT2D eigenvalue weighted by Gasteiger charge is 2.24. The van der Waals surface area contributed by atoms with Crippen LogP contribution in [0.15, 0.2) is 84.7 Å². The zero-order valence-electron chi connectivity index (χ0n) is 18.5. The highest BCUT2D eigenvalue weighted by Crippen LogP contribution is 2.27. The smallest absolute Gasteiger partial charge is 0.151 e. The Kier molecular flexibility index (Phi) is 8.79. The predicted octanol–water partition coefficient (Wildman–Crippen LogP) is 6.16. The van der Waals surface area contributed by atoms with Crippen LogP contribution in [-0.2, 0) is 11.2 Å². The molecule has 2 aromatic carbocycles. The first-order valence-corrected chi connectivity index (χ1v) is 11.2. The van der Waals surface area contributed by atoms with Crippen LogP contribution in [-0.4, -0.2) is 18.9 Å². The molecule has 1 atom stereocenters. The van der Waals surface area contributed by atoms with Crippen molar-refractivity contribution in [3.05, 3.63) is 90.2 Å². The molecule has 0 heterocycles. The lowest BCUT2D eigenvalue weighted by Crippen LogP contribution is -2.18. The number of nitrogens with two attached hydrogens (primary N) is 2. The SMILES string of the molecule is Nc1ccc(OCCCCCCOC2=CCC(F)(C=CCc3ccccc3)C=C2)c(N)c1. The van der Waals surface area contributed by atoms with Gasteiger partial charge in [-0.05, 0) is 80.2 Å². The molecule has 0 spiro atoms. The number of allylic oxidation sites excluding steroid dienone is 5. The molecule has 5 heteroatoms. The van der Waals surface area contributed by atoms with Gasteiger partial charge in [0.1, 0.15) is 11.5 Å². The quantitative estimate of drug-likeness (QED) is 0.238. The fourth-order valence-electron chi connectivity index (χ4n) is 3.48. The zero-order valence-corrected chi connectivity index (χ0v) is 18.5. The third-order valence-electron chi connectivity index (χ3n) is 5.33. The molecule has 0 saturated carbocycles. The van der Waals surface area contributed by atoms with Crippen LogP contribution < -0.4 is 16.2 Å². The molecular weight excluding hydrogens is 403 g/mol. The minimum atomic E-state index is -1.44. The average Bonchev–Trinajstić information content (AvgIpc) is 2.79. The standard InChI is InChI=1S/C27H33FN2O2/c28-27(16-8-11-22-9-4-3-5-10-22)17-14-24(15-18-27)31-19-6-1-2-7-20-32-26-13-12-23(29)21-25(26)30/h3-5,8-10,12-17,21H,1-2,6-7,11,18-20,29-30H2. The second-order valence-corrected chi connectivity index (χ2v) is 8.07. The van der Waals surface area contributed by atoms with Crippen molar-refractivity contribution in [2.24, 2.45) is 0 Å². The Labute approximate surface area is 190 Å². The maximum absolute atomic E-state index is 14.9. The van der Waals surface area contributed by atoms with Crippen LogP contribution in [0.3, 0.4) is 0 Å². The molecule has 2 aromatic rings. The third kappa shape index (κ3) is 7.80. The molecular formula is C27H33FN2O2. The predicted molar refractivity (Wildman–Crippen MR) is 130 cm³/mol. The molecule has 32 heavy (non-hydrogen) atoms. The maximum atomic E-state index is 14.9. The van der Waals surface area contributed by atoms with Crippen molar-refractivity contribution in [1.29, 1.82) is 0 Å². The van der Waals surface area contributed by atoms with E-state index in [1.165, 1.54) is 5.56 Å². The fraction of sp³-hybridized carbons (Fsp3) is 0.333. The van der Waals surface area contributed by atoms with Gasteiger partial charge in [0.05, 0.1) is 18.9 Å². The van der Waals surface area contributed by atoms with Crippen molar-refractivity contribution in [1.82, 2.24) is 0 Å². The van der Waals surface area contributed by atoms with E-state index in [2.05, 4.69) is 0 Å². The van der Waals surface area contributed by atoms with Gasteiger partial charge in [0.15, 0.2) is 5.67 Å². The van der Waals surface area contributed by atoms with Crippen molar-refractivity contribution in [3.8, 4) is 5.75 Å². The molecule has 1 unspecified atom stereocenters. The van der Waals surface area contributed by atoms with Crippen molar-refractivity contribution in [2.45, 2.75) is 44.2 Å². The number of rotatable bonds is 12. The molecule has 170 valence electrons. The first-order valence-electron chi connectivity index (χ1n) is 11.2. The van der Waals surface area contributed by atoms with Gasteiger partial charge in [-0.25, -0.2) is 4.39 Å². The van der Waals surface area contributed by atoms with Crippen LogP contribution in [0.1, 0.15) is 37.7 Å². The number of hydrogen-bond donors (Lipinski definition) is 2. The molecule has 0 aromatic heterocycles. The lowest BCUT2D eigenvalue weighted by atomic mass is 9.95. The molecule has 3 rings (SSSR count). The Morgan fingerprint density at radius 3 is 2.38 bits per heavy atom. The molecule has 4 N–H and O–H groups in total. The molecule has 0 aliphatic heterocycles. The van der Waals surface area contributed by atoms with E-state index in [1.54, 1.807) is 36.4 Å². The average molecular weight is 437 g/mol. The summed E-state index contributed by atoms with van der Waals surface area (Å²) in [4.78, 5) is 0. The van der Waals surface area contributed by atoms with Crippen molar-refractivity contribution in [3.63, 3.8) is 0 Å². The summed E-state index contributed by atoms with van der Waals surface area (Å²) in [6, 6.07) is 15.3. The van der Waals surface area contributed by atoms with E-state index in [1.807, 2.05) is 42.5 Å². The van der Waals surface area contributed by atoms with E-state index >= 15 is 0 Å². The summed E-state index contributed by atoms with van der Waals surface area (Å²) >= 11 is 0. The van der Waals surface area contributed by atoms with Gasteiger partial charge >= 0.3 is 0 Å². The Morgan fingerprint density at radius 1 is 0.938 bits per heavy atom. The summed E-state index contributed by atoms with van der Waals surface area (Å²) in [5.74, 6) is 1.43. The van der Waals surface area contributed by atoms with Gasteiger partial charge in [0, 0.05) is 12.1 Å². The van der Waals surface area contributed by atoms with Gasteiger partial charge in [-0.2, -0.15) is 0 Å². The van der Waals surface area contributed by atoms with Gasteiger partial charge in [-0.15, -0.1) is 0 Å². The van der Waals surface area contributed by atoms with Crippen LogP contribution in [0.5, 0.6) is 5.75 Å². The molecule has 0 amide bonds. The number of ether oxygens (including phenoxy) is 2. The third-order valence-corrected chi connectivity index (χ3v) is 5.33. The van der Waals surface area contributed by atoms with Crippen molar-refractivity contribution in [2.75, 3.05) is 24.7 Å². The summed E-state index contributed by atoms with van der Waals surface area (Å²) in [5, 5.41) is 0. The van der Waals surface area contributed by atoms with Gasteiger partial charge in [-0.3, -0.25) is 0 Å². The molecule has 0 fully saturated rings. The van der Waals surface area contributed by atoms with Crippen molar-refractivity contribution >= 4 is 11.4 Å². The Balaban J connectivity index is 1.25. The maximum Gasteiger partial charge on any atom is 0.151 e. The number of halogens is 1. The number of benzene rings is 2. The fourth-order valence-corrected chi connectivity index (χ4v) is 3.48. The molecule has 1 aliphatic carbocycles. The highest BCUT2D eigenvalue weighted by molar-refractivity contribution is 5.60. The van der Waals surface area contributed by atoms with E-state index in [0.29, 0.717) is 36.8 Å². The largest absolute Gasteiger partial charge is 0.494 e. The minimum Gasteiger partial charge on any atom is -0.494 e. The Bertz CT molecular complexity index is 940. The summed E-state index contributed by atoms with van der Waals surface area (Å²) in [5.41, 5.74) is 12.5. The first kappa shape index (κ1) is 23.5. The van der Waals surface area contributed by atoms with E-state index in [4.69, 9.17) is 20.9 Å². The Morgan fingerprint density at radius 2 is 1.69 bits per heavy atom. The summed E-state index contributed by atoms with van der Waals surface area (Å²) < 4.78 is 26.3. The van der Waals surface area contributed by atoms with Crippen LogP contribution >= 0.6 is 0 Å². The van der Waals surface area contributed by atoms with E-state index in [-0.39, 0.29) is 0 Å². The van der Waals surface area contributed by atoms with Gasteiger partial charge in [0.2, 0.25) is 0 Å². The summed E-state index contributed by atoms with van der Waals surface area (Å²) in [6.45, 7) is 1.25. The lowest BCUT2D eigenvalue weighted by Gasteiger charge is -2.20. The van der Waals surface area contributed by atoms with Gasteiger partial charge in [-0.1, -0.05) is 36.4 Å². The van der Waals surface area contributed by atoms with Gasteiger partial charge in [0.25, 0.3) is 0 Å². The van der Waals surface area contributed by atoms with E-state index in [9.17, 15) is 4.39 Å². The van der Waals surface area contributed by atoms with Gasteiger partial charge < -0.3 is 20.9 Å². The molecule has 0 bridgehead atoms. The summed E-state index contributed by atoms with van der Waals surface area (Å²) in [6.07, 6.45) is 13.7. The number of anilines is 2. The number of nitrogen functional groups attached to an aromatic ring is 2. The Hall–Kier alpha value is -3.21. The highest BCUT2D eigenvalue weighted by atomic mass is 19.1. The molecule has 0 saturated heterocycles. The molecule has 0 radical (unpaired) electrons. The van der Waals surface area contributed by atoms with Crippen LogP contribution in [0.2, 0.25) is 0 Å². The van der Waals surface area contributed by atoms with E-state index < -0.39 is 5.67 Å². The first-order chi connectivity index (χ1) is 15.5.